The predicted molar refractivity (Wildman–Crippen MR) is 144 cm³/mol. The maximum atomic E-state index is 12.2. The Morgan fingerprint density at radius 2 is 1.42 bits per heavy atom. The second kappa shape index (κ2) is 17.9. The fourth-order valence-corrected chi connectivity index (χ4v) is 5.05. The lowest BCUT2D eigenvalue weighted by Gasteiger charge is -2.43. The molecule has 252 valence electrons. The van der Waals surface area contributed by atoms with Crippen LogP contribution < -0.4 is 0 Å². The third-order valence-electron chi connectivity index (χ3n) is 6.94. The van der Waals surface area contributed by atoms with Crippen LogP contribution in [0.15, 0.2) is 0 Å². The summed E-state index contributed by atoms with van der Waals surface area (Å²) in [5.74, 6) is -4.26. The van der Waals surface area contributed by atoms with E-state index in [0.717, 1.165) is 0 Å². The monoisotopic (exact) mass is 688 g/mol. The summed E-state index contributed by atoms with van der Waals surface area (Å²) in [6, 6.07) is 0. The maximum absolute atomic E-state index is 12.2. The van der Waals surface area contributed by atoms with Crippen LogP contribution in [0.4, 0.5) is 0 Å². The Morgan fingerprint density at radius 3 is 1.95 bits per heavy atom. The Bertz CT molecular complexity index is 874. The molecule has 0 amide bonds. The van der Waals surface area contributed by atoms with Crippen molar-refractivity contribution >= 4 is 46.7 Å². The molecule has 0 saturated carbocycles. The maximum Gasteiger partial charge on any atom is 0.305 e. The van der Waals surface area contributed by atoms with Gasteiger partial charge in [-0.25, -0.2) is 0 Å². The second-order valence-electron chi connectivity index (χ2n) is 10.1. The number of unbranched alkanes of at least 4 members (excludes halogenated alkanes) is 1. The molecule has 0 aromatic rings. The summed E-state index contributed by atoms with van der Waals surface area (Å²) < 4.78 is 26.6. The van der Waals surface area contributed by atoms with E-state index in [2.05, 4.69) is 0 Å². The highest BCUT2D eigenvalue weighted by atomic mass is 35.5. The summed E-state index contributed by atoms with van der Waals surface area (Å²) in [5.41, 5.74) is 0. The SMILES string of the molecule is O=C(CCCCC(=O)OC[C@@H](O)[C@@H](O)[C@H](O)C(O)CO)OCC1OC(O[C@]2(CCl)O[C@@H](CCl)[C@@H](O)C2O)[C@@H](O)[C@@H](O)C1Cl. The fourth-order valence-electron chi connectivity index (χ4n) is 4.24. The van der Waals surface area contributed by atoms with Crippen LogP contribution in [-0.2, 0) is 33.3 Å². The second-order valence-corrected chi connectivity index (χ2v) is 11.2. The molecule has 2 saturated heterocycles. The first kappa shape index (κ1) is 38.5. The molecule has 2 heterocycles. The van der Waals surface area contributed by atoms with Gasteiger partial charge < -0.3 is 69.6 Å². The van der Waals surface area contributed by atoms with Crippen LogP contribution in [0.5, 0.6) is 0 Å². The van der Waals surface area contributed by atoms with E-state index in [1.807, 2.05) is 0 Å². The van der Waals surface area contributed by atoms with Crippen LogP contribution in [0.1, 0.15) is 25.7 Å². The van der Waals surface area contributed by atoms with Crippen molar-refractivity contribution < 1.29 is 79.2 Å². The highest BCUT2D eigenvalue weighted by Gasteiger charge is 2.58. The zero-order valence-electron chi connectivity index (χ0n) is 22.8. The molecule has 16 nitrogen and oxygen atoms in total. The average molecular weight is 690 g/mol. The van der Waals surface area contributed by atoms with Crippen molar-refractivity contribution in [3.8, 4) is 0 Å². The summed E-state index contributed by atoms with van der Waals surface area (Å²) in [7, 11) is 0. The molecular formula is C24H39Cl3O16. The zero-order valence-corrected chi connectivity index (χ0v) is 25.1. The lowest BCUT2D eigenvalue weighted by molar-refractivity contribution is -0.357. The number of hydrogen-bond acceptors (Lipinski definition) is 16. The molecule has 0 aromatic heterocycles. The highest BCUT2D eigenvalue weighted by molar-refractivity contribution is 6.21. The summed E-state index contributed by atoms with van der Waals surface area (Å²) in [5, 5.41) is 87.2. The van der Waals surface area contributed by atoms with E-state index in [0.29, 0.717) is 0 Å². The molecule has 2 fully saturated rings. The van der Waals surface area contributed by atoms with Gasteiger partial charge in [-0.1, -0.05) is 0 Å². The van der Waals surface area contributed by atoms with Crippen molar-refractivity contribution in [2.24, 2.45) is 0 Å². The molecule has 0 spiro atoms. The van der Waals surface area contributed by atoms with Crippen LogP contribution in [0.2, 0.25) is 0 Å². The lowest BCUT2D eigenvalue weighted by Crippen LogP contribution is -2.61. The van der Waals surface area contributed by atoms with Gasteiger partial charge in [0.25, 0.3) is 0 Å². The van der Waals surface area contributed by atoms with Crippen molar-refractivity contribution in [2.45, 2.75) is 104 Å². The molecule has 2 aliphatic heterocycles. The topological polar surface area (TPSA) is 262 Å². The molecule has 43 heavy (non-hydrogen) atoms. The summed E-state index contributed by atoms with van der Waals surface area (Å²) in [4.78, 5) is 24.1. The van der Waals surface area contributed by atoms with Gasteiger partial charge in [-0.3, -0.25) is 9.59 Å². The van der Waals surface area contributed by atoms with Crippen molar-refractivity contribution in [1.29, 1.82) is 0 Å². The van der Waals surface area contributed by atoms with E-state index in [4.69, 9.17) is 63.6 Å². The standard InChI is InChI=1S/C24H39Cl3O16/c25-5-12-19(35)22(38)24(9-26,42-12)43-23-21(37)20(36)16(27)13(41-23)8-40-15(32)4-2-1-3-14(31)39-7-11(30)18(34)17(33)10(29)6-28/h10-13,16-23,28-30,33-38H,1-9H2/t10?,11-,12+,13?,16?,17-,18-,19-,20+,21+,22?,23?,24+/m1/s1. The number of halogens is 3. The number of aliphatic hydroxyl groups is 9. The first-order valence-corrected chi connectivity index (χ1v) is 14.9. The van der Waals surface area contributed by atoms with Gasteiger partial charge >= 0.3 is 11.9 Å². The quantitative estimate of drug-likeness (QED) is 0.0406. The number of esters is 2. The minimum absolute atomic E-state index is 0.141. The smallest absolute Gasteiger partial charge is 0.305 e. The van der Waals surface area contributed by atoms with Gasteiger partial charge in [-0.2, -0.15) is 0 Å². The number of alkyl halides is 3. The number of carbonyl (C=O) groups is 2. The van der Waals surface area contributed by atoms with E-state index in [-0.39, 0.29) is 31.6 Å². The molecule has 0 bridgehead atoms. The Morgan fingerprint density at radius 1 is 0.837 bits per heavy atom. The van der Waals surface area contributed by atoms with Crippen LogP contribution in [0, 0.1) is 0 Å². The van der Waals surface area contributed by atoms with Gasteiger partial charge in [0.1, 0.15) is 74.3 Å². The molecule has 0 aromatic carbocycles. The third-order valence-corrected chi connectivity index (χ3v) is 8.16. The van der Waals surface area contributed by atoms with Crippen LogP contribution in [0.25, 0.3) is 0 Å². The Kier molecular flexibility index (Phi) is 16.0. The molecule has 2 rings (SSSR count). The van der Waals surface area contributed by atoms with Crippen LogP contribution in [0.3, 0.4) is 0 Å². The summed E-state index contributed by atoms with van der Waals surface area (Å²) >= 11 is 17.8. The van der Waals surface area contributed by atoms with E-state index < -0.39 is 116 Å². The highest BCUT2D eigenvalue weighted by Crippen LogP contribution is 2.38. The molecule has 13 atom stereocenters. The zero-order chi connectivity index (χ0) is 32.5. The molecule has 5 unspecified atom stereocenters. The number of rotatable bonds is 17. The van der Waals surface area contributed by atoms with Gasteiger partial charge in [0.2, 0.25) is 5.79 Å². The minimum Gasteiger partial charge on any atom is -0.463 e. The average Bonchev–Trinajstić information content (AvgIpc) is 3.25. The number of hydrogen-bond donors (Lipinski definition) is 9. The largest absolute Gasteiger partial charge is 0.463 e. The van der Waals surface area contributed by atoms with E-state index in [1.165, 1.54) is 0 Å². The molecule has 0 radical (unpaired) electrons. The first-order chi connectivity index (χ1) is 20.2. The van der Waals surface area contributed by atoms with Gasteiger partial charge in [0, 0.05) is 12.8 Å². The number of carbonyl (C=O) groups excluding carboxylic acids is 2. The lowest BCUT2D eigenvalue weighted by atomic mass is 10.0. The van der Waals surface area contributed by atoms with Gasteiger partial charge in [0.05, 0.1) is 23.7 Å². The third kappa shape index (κ3) is 10.2. The van der Waals surface area contributed by atoms with E-state index in [9.17, 15) is 50.4 Å². The summed E-state index contributed by atoms with van der Waals surface area (Å²) in [6.45, 7) is -2.01. The van der Waals surface area contributed by atoms with Crippen molar-refractivity contribution in [2.75, 3.05) is 31.6 Å². The number of aliphatic hydroxyl groups excluding tert-OH is 9. The van der Waals surface area contributed by atoms with Crippen molar-refractivity contribution in [3.05, 3.63) is 0 Å². The van der Waals surface area contributed by atoms with Gasteiger partial charge in [-0.15, -0.1) is 34.8 Å². The van der Waals surface area contributed by atoms with E-state index >= 15 is 0 Å². The Hall–Kier alpha value is -0.670. The Balaban J connectivity index is 1.77. The van der Waals surface area contributed by atoms with Gasteiger partial charge in [0.15, 0.2) is 6.29 Å². The predicted octanol–water partition coefficient (Wildman–Crippen LogP) is -3.57. The minimum atomic E-state index is -2.05. The van der Waals surface area contributed by atoms with Crippen LogP contribution >= 0.6 is 34.8 Å². The molecule has 0 aliphatic carbocycles. The molecule has 9 N–H and O–H groups in total. The molecule has 19 heteroatoms. The van der Waals surface area contributed by atoms with E-state index in [1.54, 1.807) is 0 Å². The van der Waals surface area contributed by atoms with Crippen LogP contribution in [-0.4, -0.2) is 168 Å². The number of ether oxygens (including phenoxy) is 5. The normalized spacial score (nSPS) is 35.6. The molecular weight excluding hydrogens is 651 g/mol. The fraction of sp³-hybridized carbons (Fsp3) is 0.917. The first-order valence-electron chi connectivity index (χ1n) is 13.4. The van der Waals surface area contributed by atoms with Crippen molar-refractivity contribution in [1.82, 2.24) is 0 Å². The Labute approximate surface area is 261 Å². The summed E-state index contributed by atoms with van der Waals surface area (Å²) in [6.07, 6.45) is -17.5. The van der Waals surface area contributed by atoms with Crippen molar-refractivity contribution in [3.63, 3.8) is 0 Å². The van der Waals surface area contributed by atoms with Gasteiger partial charge in [-0.05, 0) is 12.8 Å². The molecule has 2 aliphatic rings.